The average molecular weight is 482 g/mol. The van der Waals surface area contributed by atoms with Gasteiger partial charge in [0.05, 0.1) is 5.39 Å². The maximum absolute atomic E-state index is 13.2. The number of Topliss-reactive ketones (excluding diaryl/α,β-unsaturated/α-hetero) is 1. The summed E-state index contributed by atoms with van der Waals surface area (Å²) in [6.45, 7) is 0.981. The van der Waals surface area contributed by atoms with E-state index in [-0.39, 0.29) is 22.7 Å². The van der Waals surface area contributed by atoms with Crippen LogP contribution < -0.4 is 15.5 Å². The summed E-state index contributed by atoms with van der Waals surface area (Å²) in [7, 11) is 0. The SMILES string of the molecule is CC(=O)c1cccc(NC(=O)COc2c(-c3ccc(Cl)cc3)oc3ccc(Cl)cc3c2=O)c1. The van der Waals surface area contributed by atoms with Gasteiger partial charge in [-0.15, -0.1) is 0 Å². The minimum Gasteiger partial charge on any atom is -0.476 e. The number of fused-ring (bicyclic) bond motifs is 1. The zero-order chi connectivity index (χ0) is 23.5. The van der Waals surface area contributed by atoms with Crippen molar-refractivity contribution in [1.82, 2.24) is 0 Å². The van der Waals surface area contributed by atoms with Gasteiger partial charge < -0.3 is 14.5 Å². The lowest BCUT2D eigenvalue weighted by atomic mass is 10.1. The minimum atomic E-state index is -0.511. The van der Waals surface area contributed by atoms with Crippen molar-refractivity contribution in [3.05, 3.63) is 92.6 Å². The molecule has 0 saturated carbocycles. The fraction of sp³-hybridized carbons (Fsp3) is 0.0800. The van der Waals surface area contributed by atoms with Gasteiger partial charge >= 0.3 is 0 Å². The molecule has 0 saturated heterocycles. The number of halogens is 2. The molecule has 1 heterocycles. The van der Waals surface area contributed by atoms with Crippen LogP contribution in [-0.4, -0.2) is 18.3 Å². The molecule has 4 rings (SSSR count). The fourth-order valence-corrected chi connectivity index (χ4v) is 3.52. The Hall–Kier alpha value is -3.61. The van der Waals surface area contributed by atoms with Crippen LogP contribution in [0.3, 0.4) is 0 Å². The zero-order valence-corrected chi connectivity index (χ0v) is 18.9. The number of amides is 1. The highest BCUT2D eigenvalue weighted by atomic mass is 35.5. The molecule has 1 aromatic heterocycles. The van der Waals surface area contributed by atoms with Crippen LogP contribution in [0.1, 0.15) is 17.3 Å². The van der Waals surface area contributed by atoms with Gasteiger partial charge in [0.2, 0.25) is 11.2 Å². The van der Waals surface area contributed by atoms with E-state index in [1.807, 2.05) is 0 Å². The number of carbonyl (C=O) groups excluding carboxylic acids is 2. The Kier molecular flexibility index (Phi) is 6.49. The Balaban J connectivity index is 1.66. The van der Waals surface area contributed by atoms with Crippen molar-refractivity contribution in [2.45, 2.75) is 6.92 Å². The van der Waals surface area contributed by atoms with Crippen molar-refractivity contribution >= 4 is 51.5 Å². The van der Waals surface area contributed by atoms with E-state index in [1.54, 1.807) is 60.7 Å². The third-order valence-electron chi connectivity index (χ3n) is 4.82. The van der Waals surface area contributed by atoms with Gasteiger partial charge in [0.25, 0.3) is 5.91 Å². The number of nitrogens with one attached hydrogen (secondary N) is 1. The summed E-state index contributed by atoms with van der Waals surface area (Å²) < 4.78 is 11.6. The molecule has 33 heavy (non-hydrogen) atoms. The summed E-state index contributed by atoms with van der Waals surface area (Å²) in [4.78, 5) is 37.2. The van der Waals surface area contributed by atoms with E-state index in [0.717, 1.165) is 0 Å². The quantitative estimate of drug-likeness (QED) is 0.342. The molecule has 1 N–H and O–H groups in total. The molecule has 166 valence electrons. The van der Waals surface area contributed by atoms with E-state index in [0.29, 0.717) is 32.4 Å². The molecule has 1 amide bonds. The third-order valence-corrected chi connectivity index (χ3v) is 5.30. The van der Waals surface area contributed by atoms with Crippen LogP contribution in [0.5, 0.6) is 5.75 Å². The number of ether oxygens (including phenoxy) is 1. The van der Waals surface area contributed by atoms with E-state index in [2.05, 4.69) is 5.32 Å². The fourth-order valence-electron chi connectivity index (χ4n) is 3.22. The molecule has 0 unspecified atom stereocenters. The molecule has 0 aliphatic heterocycles. The number of anilines is 1. The van der Waals surface area contributed by atoms with E-state index < -0.39 is 17.9 Å². The summed E-state index contributed by atoms with van der Waals surface area (Å²) >= 11 is 12.0. The van der Waals surface area contributed by atoms with Crippen molar-refractivity contribution in [3.8, 4) is 17.1 Å². The van der Waals surface area contributed by atoms with E-state index in [4.69, 9.17) is 32.4 Å². The van der Waals surface area contributed by atoms with Gasteiger partial charge in [-0.3, -0.25) is 14.4 Å². The Morgan fingerprint density at radius 3 is 2.42 bits per heavy atom. The largest absolute Gasteiger partial charge is 0.476 e. The van der Waals surface area contributed by atoms with Crippen molar-refractivity contribution in [2.24, 2.45) is 0 Å². The molecule has 6 nitrogen and oxygen atoms in total. The summed E-state index contributed by atoms with van der Waals surface area (Å²) in [5.74, 6) is -0.594. The molecule has 8 heteroatoms. The first kappa shape index (κ1) is 22.6. The number of hydrogen-bond donors (Lipinski definition) is 1. The Morgan fingerprint density at radius 1 is 0.970 bits per heavy atom. The minimum absolute atomic E-state index is 0.123. The zero-order valence-electron chi connectivity index (χ0n) is 17.4. The lowest BCUT2D eigenvalue weighted by Gasteiger charge is -2.12. The monoisotopic (exact) mass is 481 g/mol. The lowest BCUT2D eigenvalue weighted by Crippen LogP contribution is -2.22. The van der Waals surface area contributed by atoms with Crippen LogP contribution in [0.2, 0.25) is 10.0 Å². The van der Waals surface area contributed by atoms with Gasteiger partial charge in [0.1, 0.15) is 5.58 Å². The molecule has 4 aromatic rings. The Bertz CT molecular complexity index is 1430. The Labute approximate surface area is 198 Å². The highest BCUT2D eigenvalue weighted by Gasteiger charge is 2.19. The highest BCUT2D eigenvalue weighted by Crippen LogP contribution is 2.32. The van der Waals surface area contributed by atoms with Crippen LogP contribution in [0.15, 0.2) is 75.9 Å². The first-order valence-corrected chi connectivity index (χ1v) is 10.6. The van der Waals surface area contributed by atoms with E-state index in [1.165, 1.54) is 13.0 Å². The maximum atomic E-state index is 13.2. The number of ketones is 1. The number of hydrogen-bond acceptors (Lipinski definition) is 5. The van der Waals surface area contributed by atoms with Crippen LogP contribution in [0.25, 0.3) is 22.3 Å². The van der Waals surface area contributed by atoms with Crippen LogP contribution >= 0.6 is 23.2 Å². The predicted molar refractivity (Wildman–Crippen MR) is 129 cm³/mol. The highest BCUT2D eigenvalue weighted by molar-refractivity contribution is 6.31. The summed E-state index contributed by atoms with van der Waals surface area (Å²) in [6.07, 6.45) is 0. The smallest absolute Gasteiger partial charge is 0.262 e. The molecule has 0 radical (unpaired) electrons. The molecule has 0 atom stereocenters. The number of rotatable bonds is 6. The maximum Gasteiger partial charge on any atom is 0.262 e. The summed E-state index contributed by atoms with van der Waals surface area (Å²) in [5, 5.41) is 3.76. The number of carbonyl (C=O) groups is 2. The van der Waals surface area contributed by atoms with Gasteiger partial charge in [0.15, 0.2) is 18.2 Å². The van der Waals surface area contributed by atoms with Gasteiger partial charge in [-0.05, 0) is 61.5 Å². The number of benzene rings is 3. The second-order valence-corrected chi connectivity index (χ2v) is 8.08. The topological polar surface area (TPSA) is 85.6 Å². The molecule has 0 bridgehead atoms. The van der Waals surface area contributed by atoms with Crippen LogP contribution in [-0.2, 0) is 4.79 Å². The van der Waals surface area contributed by atoms with E-state index >= 15 is 0 Å². The van der Waals surface area contributed by atoms with Gasteiger partial charge in [-0.25, -0.2) is 0 Å². The third kappa shape index (κ3) is 5.08. The van der Waals surface area contributed by atoms with Crippen molar-refractivity contribution in [3.63, 3.8) is 0 Å². The first-order valence-electron chi connectivity index (χ1n) is 9.88. The molecule has 3 aromatic carbocycles. The molecule has 0 aliphatic carbocycles. The van der Waals surface area contributed by atoms with Gasteiger partial charge in [0, 0.05) is 26.9 Å². The summed E-state index contributed by atoms with van der Waals surface area (Å²) in [6, 6.07) is 17.9. The molecular weight excluding hydrogens is 465 g/mol. The van der Waals surface area contributed by atoms with Crippen molar-refractivity contribution in [2.75, 3.05) is 11.9 Å². The second-order valence-electron chi connectivity index (χ2n) is 7.21. The average Bonchev–Trinajstić information content (AvgIpc) is 2.79. The van der Waals surface area contributed by atoms with Crippen molar-refractivity contribution in [1.29, 1.82) is 0 Å². The normalized spacial score (nSPS) is 10.8. The standard InChI is InChI=1S/C25H17Cl2NO5/c1-14(29)16-3-2-4-19(11-16)28-22(30)13-32-25-23(31)20-12-18(27)9-10-21(20)33-24(25)15-5-7-17(26)8-6-15/h2-12H,13H2,1H3,(H,28,30). The summed E-state index contributed by atoms with van der Waals surface area (Å²) in [5.41, 5.74) is 1.32. The second kappa shape index (κ2) is 9.48. The van der Waals surface area contributed by atoms with Gasteiger partial charge in [-0.1, -0.05) is 35.3 Å². The Morgan fingerprint density at radius 2 is 1.70 bits per heavy atom. The molecule has 0 fully saturated rings. The first-order chi connectivity index (χ1) is 15.8. The van der Waals surface area contributed by atoms with Crippen LogP contribution in [0.4, 0.5) is 5.69 Å². The molecule has 0 aliphatic rings. The predicted octanol–water partition coefficient (Wildman–Crippen LogP) is 5.99. The van der Waals surface area contributed by atoms with E-state index in [9.17, 15) is 14.4 Å². The van der Waals surface area contributed by atoms with Crippen LogP contribution in [0, 0.1) is 0 Å². The van der Waals surface area contributed by atoms with Crippen molar-refractivity contribution < 1.29 is 18.7 Å². The van der Waals surface area contributed by atoms with Gasteiger partial charge in [-0.2, -0.15) is 0 Å². The molecular formula is C25H17Cl2NO5. The lowest BCUT2D eigenvalue weighted by molar-refractivity contribution is -0.118. The molecule has 0 spiro atoms.